The quantitative estimate of drug-likeness (QED) is 0.871. The number of alkyl halides is 3. The Kier molecular flexibility index (Phi) is 5.79. The van der Waals surface area contributed by atoms with Crippen LogP contribution in [0, 0.1) is 18.8 Å². The molecular formula is C15H16F3NO2. The van der Waals surface area contributed by atoms with Gasteiger partial charge >= 0.3 is 6.18 Å². The van der Waals surface area contributed by atoms with Crippen molar-refractivity contribution in [3.8, 4) is 11.8 Å². The van der Waals surface area contributed by atoms with Crippen molar-refractivity contribution < 1.29 is 23.1 Å². The lowest BCUT2D eigenvalue weighted by molar-refractivity contribution is -0.136. The summed E-state index contributed by atoms with van der Waals surface area (Å²) in [5.41, 5.74) is 1.49. The van der Waals surface area contributed by atoms with E-state index < -0.39 is 25.0 Å². The number of aliphatic hydroxyl groups excluding tert-OH is 1. The van der Waals surface area contributed by atoms with Gasteiger partial charge in [-0.2, -0.15) is 13.2 Å². The van der Waals surface area contributed by atoms with Crippen molar-refractivity contribution in [1.82, 2.24) is 4.90 Å². The van der Waals surface area contributed by atoms with Crippen LogP contribution in [0.2, 0.25) is 0 Å². The molecule has 0 unspecified atom stereocenters. The van der Waals surface area contributed by atoms with Gasteiger partial charge in [-0.25, -0.2) is 0 Å². The molecule has 0 aromatic heterocycles. The van der Waals surface area contributed by atoms with Gasteiger partial charge in [-0.1, -0.05) is 17.9 Å². The predicted octanol–water partition coefficient (Wildman–Crippen LogP) is 2.36. The molecule has 3 nitrogen and oxygen atoms in total. The number of carbonyl (C=O) groups is 1. The first kappa shape index (κ1) is 17.1. The third kappa shape index (κ3) is 5.48. The summed E-state index contributed by atoms with van der Waals surface area (Å²) in [4.78, 5) is 13.2. The number of aliphatic hydroxyl groups is 1. The van der Waals surface area contributed by atoms with Crippen LogP contribution in [0.3, 0.4) is 0 Å². The van der Waals surface area contributed by atoms with Crippen LogP contribution in [-0.4, -0.2) is 42.3 Å². The zero-order chi connectivity index (χ0) is 16.0. The average molecular weight is 299 g/mol. The highest BCUT2D eigenvalue weighted by molar-refractivity contribution is 5.96. The molecule has 0 spiro atoms. The van der Waals surface area contributed by atoms with Crippen molar-refractivity contribution in [2.75, 3.05) is 20.2 Å². The molecule has 114 valence electrons. The minimum atomic E-state index is -4.30. The third-order valence-electron chi connectivity index (χ3n) is 2.78. The fourth-order valence-corrected chi connectivity index (χ4v) is 1.68. The van der Waals surface area contributed by atoms with E-state index in [2.05, 4.69) is 11.8 Å². The fraction of sp³-hybridized carbons (Fsp3) is 0.400. The van der Waals surface area contributed by atoms with Crippen LogP contribution >= 0.6 is 0 Å². The molecule has 6 heteroatoms. The smallest absolute Gasteiger partial charge is 0.384 e. The van der Waals surface area contributed by atoms with E-state index in [0.717, 1.165) is 10.5 Å². The number of amides is 1. The molecule has 0 bridgehead atoms. The van der Waals surface area contributed by atoms with Crippen molar-refractivity contribution >= 4 is 5.91 Å². The van der Waals surface area contributed by atoms with E-state index in [9.17, 15) is 18.0 Å². The van der Waals surface area contributed by atoms with E-state index >= 15 is 0 Å². The number of hydrogen-bond donors (Lipinski definition) is 1. The summed E-state index contributed by atoms with van der Waals surface area (Å²) >= 11 is 0. The standard InChI is InChI=1S/C15H16F3NO2/c1-11-5-6-13(12(10-11)4-3-9-20)14(21)19(2)8-7-15(16,17)18/h5-6,10,20H,7-9H2,1-2H3. The molecular weight excluding hydrogens is 283 g/mol. The highest BCUT2D eigenvalue weighted by Crippen LogP contribution is 2.20. The Morgan fingerprint density at radius 2 is 2.05 bits per heavy atom. The molecule has 0 aliphatic carbocycles. The summed E-state index contributed by atoms with van der Waals surface area (Å²) in [6, 6.07) is 4.88. The maximum absolute atomic E-state index is 12.2. The van der Waals surface area contributed by atoms with Gasteiger partial charge in [0.05, 0.1) is 12.0 Å². The van der Waals surface area contributed by atoms with Gasteiger partial charge in [-0.05, 0) is 24.6 Å². The number of nitrogens with zero attached hydrogens (tertiary/aromatic N) is 1. The monoisotopic (exact) mass is 299 g/mol. The highest BCUT2D eigenvalue weighted by atomic mass is 19.4. The van der Waals surface area contributed by atoms with Gasteiger partial charge in [-0.3, -0.25) is 4.79 Å². The second-order valence-corrected chi connectivity index (χ2v) is 4.60. The topological polar surface area (TPSA) is 40.5 Å². The molecule has 0 heterocycles. The Balaban J connectivity index is 2.96. The zero-order valence-electron chi connectivity index (χ0n) is 11.8. The molecule has 0 radical (unpaired) electrons. The molecule has 0 saturated carbocycles. The molecule has 0 saturated heterocycles. The average Bonchev–Trinajstić information content (AvgIpc) is 2.41. The molecule has 0 aliphatic rings. The Morgan fingerprint density at radius 3 is 2.62 bits per heavy atom. The van der Waals surface area contributed by atoms with E-state index in [1.165, 1.54) is 13.1 Å². The van der Waals surface area contributed by atoms with Crippen molar-refractivity contribution in [1.29, 1.82) is 0 Å². The maximum Gasteiger partial charge on any atom is 0.390 e. The first-order valence-corrected chi connectivity index (χ1v) is 6.27. The summed E-state index contributed by atoms with van der Waals surface area (Å²) in [6.07, 6.45) is -5.36. The zero-order valence-corrected chi connectivity index (χ0v) is 11.8. The fourth-order valence-electron chi connectivity index (χ4n) is 1.68. The van der Waals surface area contributed by atoms with E-state index in [1.807, 2.05) is 6.92 Å². The third-order valence-corrected chi connectivity index (χ3v) is 2.78. The number of aryl methyl sites for hydroxylation is 1. The highest BCUT2D eigenvalue weighted by Gasteiger charge is 2.28. The van der Waals surface area contributed by atoms with E-state index in [0.29, 0.717) is 5.56 Å². The van der Waals surface area contributed by atoms with E-state index in [-0.39, 0.29) is 12.2 Å². The number of carbonyl (C=O) groups excluding carboxylic acids is 1. The summed E-state index contributed by atoms with van der Waals surface area (Å²) in [7, 11) is 1.32. The second kappa shape index (κ2) is 7.14. The molecule has 1 N–H and O–H groups in total. The summed E-state index contributed by atoms with van der Waals surface area (Å²) in [5, 5.41) is 8.72. The summed E-state index contributed by atoms with van der Waals surface area (Å²) in [5.74, 6) is 4.55. The number of rotatable bonds is 3. The molecule has 0 atom stereocenters. The molecule has 0 aliphatic heterocycles. The van der Waals surface area contributed by atoms with Crippen molar-refractivity contribution in [3.63, 3.8) is 0 Å². The van der Waals surface area contributed by atoms with Crippen molar-refractivity contribution in [2.45, 2.75) is 19.5 Å². The van der Waals surface area contributed by atoms with Gasteiger partial charge in [0, 0.05) is 19.2 Å². The van der Waals surface area contributed by atoms with Gasteiger partial charge in [0.25, 0.3) is 5.91 Å². The van der Waals surface area contributed by atoms with Crippen LogP contribution < -0.4 is 0 Å². The predicted molar refractivity (Wildman–Crippen MR) is 72.8 cm³/mol. The number of benzene rings is 1. The van der Waals surface area contributed by atoms with Crippen molar-refractivity contribution in [3.05, 3.63) is 34.9 Å². The molecule has 0 fully saturated rings. The lowest BCUT2D eigenvalue weighted by atomic mass is 10.0. The Morgan fingerprint density at radius 1 is 1.38 bits per heavy atom. The molecule has 1 aromatic carbocycles. The lowest BCUT2D eigenvalue weighted by Crippen LogP contribution is -2.31. The molecule has 1 amide bonds. The Hall–Kier alpha value is -2.00. The lowest BCUT2D eigenvalue weighted by Gasteiger charge is -2.19. The number of halogens is 3. The molecule has 1 rings (SSSR count). The van der Waals surface area contributed by atoms with Gasteiger partial charge in [0.2, 0.25) is 0 Å². The van der Waals surface area contributed by atoms with Gasteiger partial charge < -0.3 is 10.0 Å². The van der Waals surface area contributed by atoms with Crippen LogP contribution in [0.5, 0.6) is 0 Å². The van der Waals surface area contributed by atoms with Crippen LogP contribution in [0.15, 0.2) is 18.2 Å². The first-order chi connectivity index (χ1) is 9.74. The Labute approximate surface area is 121 Å². The normalized spacial score (nSPS) is 10.8. The second-order valence-electron chi connectivity index (χ2n) is 4.60. The SMILES string of the molecule is Cc1ccc(C(=O)N(C)CCC(F)(F)F)c(C#CCO)c1. The van der Waals surface area contributed by atoms with E-state index in [1.54, 1.807) is 12.1 Å². The van der Waals surface area contributed by atoms with Gasteiger partial charge in [0.1, 0.15) is 6.61 Å². The van der Waals surface area contributed by atoms with Crippen LogP contribution in [-0.2, 0) is 0 Å². The van der Waals surface area contributed by atoms with Gasteiger partial charge in [0.15, 0.2) is 0 Å². The minimum absolute atomic E-state index is 0.228. The molecule has 1 aromatic rings. The maximum atomic E-state index is 12.2. The first-order valence-electron chi connectivity index (χ1n) is 6.27. The number of hydrogen-bond acceptors (Lipinski definition) is 2. The van der Waals surface area contributed by atoms with Crippen LogP contribution in [0.4, 0.5) is 13.2 Å². The summed E-state index contributed by atoms with van der Waals surface area (Å²) in [6.45, 7) is 1.04. The summed E-state index contributed by atoms with van der Waals surface area (Å²) < 4.78 is 36.6. The van der Waals surface area contributed by atoms with Gasteiger partial charge in [-0.15, -0.1) is 0 Å². The van der Waals surface area contributed by atoms with E-state index in [4.69, 9.17) is 5.11 Å². The Bertz CT molecular complexity index is 571. The largest absolute Gasteiger partial charge is 0.390 e. The minimum Gasteiger partial charge on any atom is -0.384 e. The van der Waals surface area contributed by atoms with Crippen molar-refractivity contribution in [2.24, 2.45) is 0 Å². The molecule has 21 heavy (non-hydrogen) atoms. The van der Waals surface area contributed by atoms with Crippen LogP contribution in [0.1, 0.15) is 27.9 Å². The van der Waals surface area contributed by atoms with Crippen LogP contribution in [0.25, 0.3) is 0 Å².